The number of benzene rings is 1. The van der Waals surface area contributed by atoms with Gasteiger partial charge in [0.05, 0.1) is 12.7 Å². The zero-order chi connectivity index (χ0) is 20.5. The van der Waals surface area contributed by atoms with Crippen LogP contribution in [0.5, 0.6) is 0 Å². The number of hydrogen-bond donors (Lipinski definition) is 1. The van der Waals surface area contributed by atoms with Crippen LogP contribution < -0.4 is 5.32 Å². The van der Waals surface area contributed by atoms with Gasteiger partial charge in [-0.25, -0.2) is 0 Å². The third kappa shape index (κ3) is 8.32. The highest BCUT2D eigenvalue weighted by molar-refractivity contribution is 14.0. The van der Waals surface area contributed by atoms with Crippen LogP contribution >= 0.6 is 24.0 Å². The Hall–Kier alpha value is -0.900. The van der Waals surface area contributed by atoms with Crippen LogP contribution in [0, 0.1) is 5.92 Å². The third-order valence-electron chi connectivity index (χ3n) is 5.63. The maximum Gasteiger partial charge on any atom is 0.194 e. The molecule has 30 heavy (non-hydrogen) atoms. The Kier molecular flexibility index (Phi) is 11.4. The second kappa shape index (κ2) is 13.5. The molecule has 0 spiro atoms. The second-order valence-corrected chi connectivity index (χ2v) is 8.52. The summed E-state index contributed by atoms with van der Waals surface area (Å²) in [6, 6.07) is 8.71. The van der Waals surface area contributed by atoms with E-state index in [0.717, 1.165) is 70.7 Å². The van der Waals surface area contributed by atoms with Crippen LogP contribution in [0.4, 0.5) is 0 Å². The fourth-order valence-corrected chi connectivity index (χ4v) is 3.98. The Labute approximate surface area is 199 Å². The Bertz CT molecular complexity index is 625. The van der Waals surface area contributed by atoms with Gasteiger partial charge in [0.1, 0.15) is 0 Å². The van der Waals surface area contributed by atoms with E-state index in [0.29, 0.717) is 12.7 Å². The molecule has 0 bridgehead atoms. The molecule has 0 atom stereocenters. The molecule has 0 amide bonds. The normalized spacial score (nSPS) is 19.1. The lowest BCUT2D eigenvalue weighted by Gasteiger charge is -2.37. The number of ether oxygens (including phenoxy) is 2. The van der Waals surface area contributed by atoms with E-state index in [2.05, 4.69) is 58.2 Å². The third-order valence-corrected chi connectivity index (χ3v) is 5.63. The van der Waals surface area contributed by atoms with Gasteiger partial charge >= 0.3 is 0 Å². The van der Waals surface area contributed by atoms with Gasteiger partial charge in [-0.15, -0.1) is 24.0 Å². The van der Waals surface area contributed by atoms with E-state index in [1.165, 1.54) is 17.7 Å². The van der Waals surface area contributed by atoms with Gasteiger partial charge < -0.3 is 19.7 Å². The molecule has 0 radical (unpaired) electrons. The topological polar surface area (TPSA) is 49.3 Å². The minimum Gasteiger partial charge on any atom is -0.381 e. The highest BCUT2D eigenvalue weighted by atomic mass is 127. The van der Waals surface area contributed by atoms with Gasteiger partial charge in [-0.05, 0) is 29.9 Å². The first-order chi connectivity index (χ1) is 14.1. The van der Waals surface area contributed by atoms with Crippen molar-refractivity contribution in [3.63, 3.8) is 0 Å². The molecule has 0 aromatic heterocycles. The van der Waals surface area contributed by atoms with E-state index in [4.69, 9.17) is 9.47 Å². The summed E-state index contributed by atoms with van der Waals surface area (Å²) >= 11 is 0. The van der Waals surface area contributed by atoms with Crippen molar-refractivity contribution >= 4 is 29.9 Å². The van der Waals surface area contributed by atoms with Crippen molar-refractivity contribution in [1.82, 2.24) is 15.1 Å². The van der Waals surface area contributed by atoms with Gasteiger partial charge in [0.25, 0.3) is 0 Å². The van der Waals surface area contributed by atoms with Crippen LogP contribution in [0.25, 0.3) is 0 Å². The van der Waals surface area contributed by atoms with E-state index >= 15 is 0 Å². The molecule has 2 fully saturated rings. The summed E-state index contributed by atoms with van der Waals surface area (Å²) in [4.78, 5) is 9.41. The standard InChI is InChI=1S/C23H38N4O2.HI/c1-19(2)17-26-10-12-27(13-11-26)23(24-3)25-16-20-4-6-21(7-5-20)18-29-22-8-14-28-15-9-22;/h4-7,19,22H,8-18H2,1-3H3,(H,24,25);1H. The van der Waals surface area contributed by atoms with Crippen LogP contribution in [0.1, 0.15) is 37.8 Å². The summed E-state index contributed by atoms with van der Waals surface area (Å²) in [5, 5.41) is 3.53. The number of hydrogen-bond acceptors (Lipinski definition) is 4. The van der Waals surface area contributed by atoms with E-state index < -0.39 is 0 Å². The van der Waals surface area contributed by atoms with Crippen molar-refractivity contribution in [2.75, 3.05) is 53.0 Å². The van der Waals surface area contributed by atoms with Crippen molar-refractivity contribution in [2.45, 2.75) is 45.9 Å². The molecule has 170 valence electrons. The summed E-state index contributed by atoms with van der Waals surface area (Å²) in [6.45, 7) is 13.2. The molecule has 1 aromatic carbocycles. The van der Waals surface area contributed by atoms with Crippen molar-refractivity contribution in [3.8, 4) is 0 Å². The quantitative estimate of drug-likeness (QED) is 0.333. The first-order valence-corrected chi connectivity index (χ1v) is 11.1. The Morgan fingerprint density at radius 3 is 2.33 bits per heavy atom. The molecule has 0 aliphatic carbocycles. The van der Waals surface area contributed by atoms with Crippen LogP contribution in [0.2, 0.25) is 0 Å². The largest absolute Gasteiger partial charge is 0.381 e. The van der Waals surface area contributed by atoms with Gasteiger partial charge in [-0.1, -0.05) is 38.1 Å². The zero-order valence-corrected chi connectivity index (χ0v) is 21.1. The number of piperazine rings is 1. The Morgan fingerprint density at radius 1 is 1.10 bits per heavy atom. The smallest absolute Gasteiger partial charge is 0.194 e. The molecule has 0 unspecified atom stereocenters. The molecule has 2 heterocycles. The summed E-state index contributed by atoms with van der Waals surface area (Å²) in [5.41, 5.74) is 2.49. The predicted octanol–water partition coefficient (Wildman–Crippen LogP) is 3.35. The van der Waals surface area contributed by atoms with E-state index in [1.54, 1.807) is 0 Å². The maximum atomic E-state index is 6.01. The summed E-state index contributed by atoms with van der Waals surface area (Å²) in [7, 11) is 1.87. The van der Waals surface area contributed by atoms with Crippen LogP contribution in [-0.4, -0.2) is 74.8 Å². The molecule has 2 aliphatic rings. The van der Waals surface area contributed by atoms with Crippen molar-refractivity contribution < 1.29 is 9.47 Å². The zero-order valence-electron chi connectivity index (χ0n) is 18.8. The van der Waals surface area contributed by atoms with Crippen LogP contribution in [0.3, 0.4) is 0 Å². The number of guanidine groups is 1. The molecule has 6 nitrogen and oxygen atoms in total. The van der Waals surface area contributed by atoms with Gasteiger partial charge in [0, 0.05) is 59.5 Å². The average molecular weight is 530 g/mol. The molecule has 2 saturated heterocycles. The molecule has 3 rings (SSSR count). The molecular weight excluding hydrogens is 491 g/mol. The fraction of sp³-hybridized carbons (Fsp3) is 0.696. The van der Waals surface area contributed by atoms with Crippen molar-refractivity contribution in [1.29, 1.82) is 0 Å². The molecule has 1 aromatic rings. The van der Waals surface area contributed by atoms with Gasteiger partial charge in [0.2, 0.25) is 0 Å². The lowest BCUT2D eigenvalue weighted by atomic mass is 10.1. The minimum absolute atomic E-state index is 0. The van der Waals surface area contributed by atoms with Gasteiger partial charge in [-0.2, -0.15) is 0 Å². The number of nitrogens with one attached hydrogen (secondary N) is 1. The predicted molar refractivity (Wildman–Crippen MR) is 134 cm³/mol. The molecular formula is C23H39IN4O2. The summed E-state index contributed by atoms with van der Waals surface area (Å²) in [5.74, 6) is 1.73. The minimum atomic E-state index is 0. The summed E-state index contributed by atoms with van der Waals surface area (Å²) in [6.07, 6.45) is 2.36. The lowest BCUT2D eigenvalue weighted by Crippen LogP contribution is -2.52. The fourth-order valence-electron chi connectivity index (χ4n) is 3.98. The first-order valence-electron chi connectivity index (χ1n) is 11.1. The second-order valence-electron chi connectivity index (χ2n) is 8.52. The van der Waals surface area contributed by atoms with Crippen molar-refractivity contribution in [2.24, 2.45) is 10.9 Å². The average Bonchev–Trinajstić information content (AvgIpc) is 2.75. The number of aliphatic imine (C=N–C) groups is 1. The van der Waals surface area contributed by atoms with E-state index in [1.807, 2.05) is 7.05 Å². The Balaban J connectivity index is 0.00000320. The van der Waals surface area contributed by atoms with Crippen LogP contribution in [0.15, 0.2) is 29.3 Å². The van der Waals surface area contributed by atoms with E-state index in [9.17, 15) is 0 Å². The van der Waals surface area contributed by atoms with Crippen LogP contribution in [-0.2, 0) is 22.6 Å². The van der Waals surface area contributed by atoms with Crippen molar-refractivity contribution in [3.05, 3.63) is 35.4 Å². The molecule has 2 aliphatic heterocycles. The number of rotatable bonds is 7. The SMILES string of the molecule is CN=C(NCc1ccc(COC2CCOCC2)cc1)N1CCN(CC(C)C)CC1.I. The number of nitrogens with zero attached hydrogens (tertiary/aromatic N) is 3. The molecule has 1 N–H and O–H groups in total. The molecule has 7 heteroatoms. The first kappa shape index (κ1) is 25.4. The van der Waals surface area contributed by atoms with Gasteiger partial charge in [0.15, 0.2) is 5.96 Å². The Morgan fingerprint density at radius 2 is 1.73 bits per heavy atom. The molecule has 0 saturated carbocycles. The monoisotopic (exact) mass is 530 g/mol. The summed E-state index contributed by atoms with van der Waals surface area (Å²) < 4.78 is 11.4. The maximum absolute atomic E-state index is 6.01. The highest BCUT2D eigenvalue weighted by Crippen LogP contribution is 2.14. The highest BCUT2D eigenvalue weighted by Gasteiger charge is 2.20. The lowest BCUT2D eigenvalue weighted by molar-refractivity contribution is -0.0390. The van der Waals surface area contributed by atoms with E-state index in [-0.39, 0.29) is 24.0 Å². The number of halogens is 1. The van der Waals surface area contributed by atoms with Gasteiger partial charge in [-0.3, -0.25) is 9.89 Å².